The number of benzene rings is 2. The van der Waals surface area contributed by atoms with Gasteiger partial charge in [-0.3, -0.25) is 51.8 Å². The Morgan fingerprint density at radius 1 is 0.613 bits per heavy atom. The Labute approximate surface area is 428 Å². The summed E-state index contributed by atoms with van der Waals surface area (Å²) in [6, 6.07) is 16.4. The summed E-state index contributed by atoms with van der Waals surface area (Å²) in [6.07, 6.45) is -14.9. The van der Waals surface area contributed by atoms with Crippen LogP contribution in [-0.4, -0.2) is 136 Å². The van der Waals surface area contributed by atoms with E-state index in [1.54, 1.807) is 60.7 Å². The molecule has 29 heteroatoms. The highest BCUT2D eigenvalue weighted by Crippen LogP contribution is 2.66. The van der Waals surface area contributed by atoms with Crippen molar-refractivity contribution in [2.45, 2.75) is 123 Å². The molecule has 0 bridgehead atoms. The lowest BCUT2D eigenvalue weighted by Crippen LogP contribution is -2.65. The summed E-state index contributed by atoms with van der Waals surface area (Å²) in [5.74, 6) is -7.89. The summed E-state index contributed by atoms with van der Waals surface area (Å²) in [5.41, 5.74) is 7.15. The number of carbonyl (C=O) groups is 7. The van der Waals surface area contributed by atoms with Crippen molar-refractivity contribution in [3.8, 4) is 0 Å². The SMILES string of the molecule is CC(=O)OCC(OC(C)=O)[C@H]1OC(OP(=O)(CP(=O)(OCc2ccccc2)OC[C@H]2O[C@@H](n3cnc4c(N)ncnc43)[C@H](OC(C)=O)[C@@H]2OC(C)=O)OCc2ccccc2)[C@@H](OC(C)=O)[C@@H](OC(C)=O)[C@@H]1OC(C)=O. The van der Waals surface area contributed by atoms with Crippen molar-refractivity contribution in [2.75, 3.05) is 24.9 Å². The standard InChI is InChI=1S/C46H55N5O22P2/c1-25(52)61-20-34(65-26(2)53)37-39(67-28(4)55)40(68-29(5)56)42(70-31(7)58)46(72-37)73-75(60,63-19-33-16-12-9-13-17-33)24-74(59,62-18-32-14-10-8-11-15-32)64-21-35-38(66-27(3)54)41(69-30(6)57)45(71-35)51-23-50-36-43(47)48-22-49-44(36)51/h8-17,22-23,34-35,37-42,45-46H,18-21,24H2,1-7H3,(H2,47,48,49)/t34?,35-,37-,38-,39-,40+,41-,42+,45-,46?,74?,75?/m1/s1. The van der Waals surface area contributed by atoms with Crippen LogP contribution in [0.15, 0.2) is 73.3 Å². The smallest absolute Gasteiger partial charge is 0.345 e. The summed E-state index contributed by atoms with van der Waals surface area (Å²) >= 11 is 0. The summed E-state index contributed by atoms with van der Waals surface area (Å²) in [6.45, 7) is 4.52. The van der Waals surface area contributed by atoms with Crippen LogP contribution in [0.3, 0.4) is 0 Å². The lowest BCUT2D eigenvalue weighted by molar-refractivity contribution is -0.300. The first-order chi connectivity index (χ1) is 35.5. The van der Waals surface area contributed by atoms with E-state index in [2.05, 4.69) is 15.0 Å². The fourth-order valence-electron chi connectivity index (χ4n) is 7.85. The molecular formula is C46H55N5O22P2. The van der Waals surface area contributed by atoms with Crippen LogP contribution in [-0.2, 0) is 117 Å². The fraction of sp³-hybridized carbons (Fsp3) is 0.478. The summed E-state index contributed by atoms with van der Waals surface area (Å²) in [7, 11) is -10.2. The van der Waals surface area contributed by atoms with E-state index in [1.807, 2.05) is 0 Å². The van der Waals surface area contributed by atoms with E-state index in [1.165, 1.54) is 10.9 Å². The number of esters is 7. The van der Waals surface area contributed by atoms with Gasteiger partial charge in [0.2, 0.25) is 6.29 Å². The van der Waals surface area contributed by atoms with Gasteiger partial charge in [-0.1, -0.05) is 60.7 Å². The Hall–Kier alpha value is -6.70. The molecule has 2 aromatic heterocycles. The quantitative estimate of drug-likeness (QED) is 0.0623. The van der Waals surface area contributed by atoms with Gasteiger partial charge in [0.05, 0.1) is 26.1 Å². The Kier molecular flexibility index (Phi) is 19.7. The normalized spacial score (nSPS) is 24.3. The summed E-state index contributed by atoms with van der Waals surface area (Å²) in [5, 5.41) is 0. The first-order valence-corrected chi connectivity index (χ1v) is 26.3. The Balaban J connectivity index is 1.44. The van der Waals surface area contributed by atoms with Gasteiger partial charge in [0.1, 0.15) is 30.7 Å². The molecule has 75 heavy (non-hydrogen) atoms. The number of carbonyl (C=O) groups excluding carboxylic acids is 7. The lowest BCUT2D eigenvalue weighted by Gasteiger charge is -2.46. The van der Waals surface area contributed by atoms with Crippen LogP contribution in [0.1, 0.15) is 65.8 Å². The number of hydrogen-bond donors (Lipinski definition) is 1. The zero-order valence-electron chi connectivity index (χ0n) is 41.5. The third-order valence-corrected chi connectivity index (χ3v) is 15.6. The highest BCUT2D eigenvalue weighted by Gasteiger charge is 2.58. The predicted molar refractivity (Wildman–Crippen MR) is 252 cm³/mol. The Morgan fingerprint density at radius 3 is 1.71 bits per heavy atom. The second kappa shape index (κ2) is 25.7. The molecule has 0 amide bonds. The van der Waals surface area contributed by atoms with E-state index in [0.717, 1.165) is 54.8 Å². The highest BCUT2D eigenvalue weighted by molar-refractivity contribution is 7.71. The number of nitrogens with zero attached hydrogens (tertiary/aromatic N) is 4. The van der Waals surface area contributed by atoms with Gasteiger partial charge in [-0.15, -0.1) is 0 Å². The molecule has 0 aliphatic carbocycles. The van der Waals surface area contributed by atoms with Gasteiger partial charge >= 0.3 is 57.0 Å². The maximum absolute atomic E-state index is 15.8. The van der Waals surface area contributed by atoms with E-state index >= 15 is 9.13 Å². The van der Waals surface area contributed by atoms with E-state index in [9.17, 15) is 33.6 Å². The number of rotatable bonds is 23. The molecule has 0 spiro atoms. The molecule has 6 rings (SSSR count). The van der Waals surface area contributed by atoms with Crippen molar-refractivity contribution in [1.82, 2.24) is 19.5 Å². The average molecular weight is 1090 g/mol. The molecule has 2 saturated heterocycles. The molecule has 2 aliphatic rings. The molecule has 2 aliphatic heterocycles. The van der Waals surface area contributed by atoms with Gasteiger partial charge in [-0.05, 0) is 11.1 Å². The number of anilines is 1. The molecule has 2 aromatic carbocycles. The first-order valence-electron chi connectivity index (χ1n) is 22.8. The molecule has 4 aromatic rings. The zero-order chi connectivity index (χ0) is 54.6. The number of nitrogen functional groups attached to an aromatic ring is 1. The minimum absolute atomic E-state index is 0.000447. The first kappa shape index (κ1) is 57.6. The third-order valence-electron chi connectivity index (χ3n) is 10.7. The van der Waals surface area contributed by atoms with E-state index < -0.39 is 151 Å². The third kappa shape index (κ3) is 15.9. The van der Waals surface area contributed by atoms with Gasteiger partial charge in [-0.2, -0.15) is 0 Å². The van der Waals surface area contributed by atoms with E-state index in [-0.39, 0.29) is 17.0 Å². The molecule has 0 radical (unpaired) electrons. The maximum atomic E-state index is 15.8. The van der Waals surface area contributed by atoms with Crippen molar-refractivity contribution in [3.63, 3.8) is 0 Å². The fourth-order valence-corrected chi connectivity index (χ4v) is 12.5. The number of fused-ring (bicyclic) bond motifs is 1. The molecule has 4 unspecified atom stereocenters. The number of ether oxygens (including phenoxy) is 9. The van der Waals surface area contributed by atoms with E-state index in [0.29, 0.717) is 11.1 Å². The van der Waals surface area contributed by atoms with Gasteiger partial charge in [0.15, 0.2) is 60.2 Å². The minimum atomic E-state index is -5.22. The monoisotopic (exact) mass is 1090 g/mol. The Bertz CT molecular complexity index is 2790. The molecule has 2 fully saturated rings. The van der Waals surface area contributed by atoms with Crippen LogP contribution in [0.2, 0.25) is 0 Å². The Morgan fingerprint density at radius 2 is 1.15 bits per heavy atom. The van der Waals surface area contributed by atoms with E-state index in [4.69, 9.17) is 66.5 Å². The largest absolute Gasteiger partial charge is 0.462 e. The summed E-state index contributed by atoms with van der Waals surface area (Å²) < 4.78 is 108. The van der Waals surface area contributed by atoms with Crippen LogP contribution in [0.5, 0.6) is 0 Å². The van der Waals surface area contributed by atoms with Crippen molar-refractivity contribution < 1.29 is 103 Å². The summed E-state index contributed by atoms with van der Waals surface area (Å²) in [4.78, 5) is 101. The second-order valence-corrected chi connectivity index (χ2v) is 21.3. The molecule has 2 N–H and O–H groups in total. The predicted octanol–water partition coefficient (Wildman–Crippen LogP) is 3.99. The average Bonchev–Trinajstić information content (AvgIpc) is 3.91. The van der Waals surface area contributed by atoms with Crippen molar-refractivity contribution in [2.24, 2.45) is 0 Å². The van der Waals surface area contributed by atoms with Gasteiger partial charge < -0.3 is 61.9 Å². The van der Waals surface area contributed by atoms with Crippen molar-refractivity contribution in [1.29, 1.82) is 0 Å². The second-order valence-electron chi connectivity index (χ2n) is 16.7. The molecule has 0 saturated carbocycles. The molecule has 406 valence electrons. The van der Waals surface area contributed by atoms with Gasteiger partial charge in [0.25, 0.3) is 0 Å². The minimum Gasteiger partial charge on any atom is -0.462 e. The molecular weight excluding hydrogens is 1040 g/mol. The van der Waals surface area contributed by atoms with Crippen LogP contribution in [0.25, 0.3) is 11.2 Å². The van der Waals surface area contributed by atoms with Gasteiger partial charge in [-0.25, -0.2) is 15.0 Å². The highest BCUT2D eigenvalue weighted by atomic mass is 31.2. The molecule has 12 atom stereocenters. The topological polar surface area (TPSA) is 343 Å². The van der Waals surface area contributed by atoms with Crippen molar-refractivity contribution in [3.05, 3.63) is 84.4 Å². The van der Waals surface area contributed by atoms with Gasteiger partial charge in [0, 0.05) is 48.5 Å². The number of nitrogens with two attached hydrogens (primary N) is 1. The van der Waals surface area contributed by atoms with Crippen LogP contribution in [0.4, 0.5) is 5.82 Å². The number of aromatic nitrogens is 4. The van der Waals surface area contributed by atoms with Crippen LogP contribution >= 0.6 is 15.2 Å². The molecule has 27 nitrogen and oxygen atoms in total. The maximum Gasteiger partial charge on any atom is 0.345 e. The molecule has 4 heterocycles. The van der Waals surface area contributed by atoms with Crippen LogP contribution in [0, 0.1) is 0 Å². The van der Waals surface area contributed by atoms with Crippen molar-refractivity contribution >= 4 is 74.0 Å². The lowest BCUT2D eigenvalue weighted by atomic mass is 9.94. The number of imidazole rings is 1. The number of hydrogen-bond acceptors (Lipinski definition) is 26. The van der Waals surface area contributed by atoms with Crippen LogP contribution < -0.4 is 5.73 Å². The zero-order valence-corrected chi connectivity index (χ0v) is 43.3.